The largest absolute Gasteiger partial charge is 0.289 e. The lowest BCUT2D eigenvalue weighted by Gasteiger charge is -2.37. The Balaban J connectivity index is 1.76. The number of benzene rings is 2. The first-order valence-electron chi connectivity index (χ1n) is 11.3. The molecule has 0 atom stereocenters. The average Bonchev–Trinajstić information content (AvgIpc) is 2.74. The molecule has 0 aromatic heterocycles. The molecule has 0 bridgehead atoms. The molecule has 2 aromatic rings. The number of rotatable bonds is 4. The van der Waals surface area contributed by atoms with E-state index in [0.717, 1.165) is 11.1 Å². The van der Waals surface area contributed by atoms with E-state index in [4.69, 9.17) is 0 Å². The topological polar surface area (TPSA) is 17.1 Å². The third kappa shape index (κ3) is 3.56. The minimum Gasteiger partial charge on any atom is -0.289 e. The Kier molecular flexibility index (Phi) is 5.45. The summed E-state index contributed by atoms with van der Waals surface area (Å²) in [4.78, 5) is 13.9. The Morgan fingerprint density at radius 1 is 0.607 bits per heavy atom. The van der Waals surface area contributed by atoms with Gasteiger partial charge in [-0.3, -0.25) is 4.79 Å². The SMILES string of the molecule is CC1(c2ccccc2C(=O)c2ccccc2C2(C)CCCCC2)CCCCC1. The summed E-state index contributed by atoms with van der Waals surface area (Å²) in [5.41, 5.74) is 4.66. The lowest BCUT2D eigenvalue weighted by Crippen LogP contribution is -2.29. The molecule has 0 aliphatic heterocycles. The fraction of sp³-hybridized carbons (Fsp3) is 0.519. The fourth-order valence-electron chi connectivity index (χ4n) is 5.76. The summed E-state index contributed by atoms with van der Waals surface area (Å²) in [6.45, 7) is 4.74. The van der Waals surface area contributed by atoms with Gasteiger partial charge < -0.3 is 0 Å². The van der Waals surface area contributed by atoms with Crippen molar-refractivity contribution in [1.82, 2.24) is 0 Å². The molecule has 0 radical (unpaired) electrons. The Morgan fingerprint density at radius 3 is 1.36 bits per heavy atom. The molecule has 0 spiro atoms. The van der Waals surface area contributed by atoms with Crippen molar-refractivity contribution in [2.24, 2.45) is 0 Å². The summed E-state index contributed by atoms with van der Waals surface area (Å²) in [5.74, 6) is 0.227. The molecule has 0 N–H and O–H groups in total. The molecule has 0 amide bonds. The monoisotopic (exact) mass is 374 g/mol. The first-order chi connectivity index (χ1) is 13.5. The second-order valence-electron chi connectivity index (χ2n) is 9.66. The van der Waals surface area contributed by atoms with Gasteiger partial charge in [-0.1, -0.05) is 101 Å². The molecule has 28 heavy (non-hydrogen) atoms. The number of carbonyl (C=O) groups is 1. The Labute approximate surface area is 170 Å². The molecular formula is C27H34O. The number of ketones is 1. The van der Waals surface area contributed by atoms with Crippen LogP contribution in [0.25, 0.3) is 0 Å². The van der Waals surface area contributed by atoms with Gasteiger partial charge in [0, 0.05) is 11.1 Å². The standard InChI is InChI=1S/C27H34O/c1-26(17-9-3-10-18-26)23-15-7-5-13-21(23)25(28)22-14-6-8-16-24(22)27(2)19-11-4-12-20-27/h5-8,13-16H,3-4,9-12,17-20H2,1-2H3. The molecule has 0 unspecified atom stereocenters. The van der Waals surface area contributed by atoms with Gasteiger partial charge in [-0.15, -0.1) is 0 Å². The van der Waals surface area contributed by atoms with E-state index in [-0.39, 0.29) is 16.6 Å². The predicted octanol–water partition coefficient (Wildman–Crippen LogP) is 7.36. The van der Waals surface area contributed by atoms with E-state index in [2.05, 4.69) is 50.2 Å². The number of carbonyl (C=O) groups excluding carboxylic acids is 1. The van der Waals surface area contributed by atoms with Crippen molar-refractivity contribution in [1.29, 1.82) is 0 Å². The van der Waals surface area contributed by atoms with E-state index >= 15 is 0 Å². The van der Waals surface area contributed by atoms with E-state index in [9.17, 15) is 4.79 Å². The van der Waals surface area contributed by atoms with Crippen molar-refractivity contribution in [2.45, 2.75) is 88.9 Å². The molecule has 2 saturated carbocycles. The Morgan fingerprint density at radius 2 is 0.964 bits per heavy atom. The van der Waals surface area contributed by atoms with Crippen LogP contribution >= 0.6 is 0 Å². The van der Waals surface area contributed by atoms with Crippen molar-refractivity contribution >= 4 is 5.78 Å². The van der Waals surface area contributed by atoms with E-state index in [1.165, 1.54) is 75.3 Å². The summed E-state index contributed by atoms with van der Waals surface area (Å²) in [5, 5.41) is 0. The smallest absolute Gasteiger partial charge is 0.193 e. The van der Waals surface area contributed by atoms with Crippen molar-refractivity contribution in [2.75, 3.05) is 0 Å². The molecular weight excluding hydrogens is 340 g/mol. The highest BCUT2D eigenvalue weighted by molar-refractivity contribution is 6.11. The van der Waals surface area contributed by atoms with E-state index < -0.39 is 0 Å². The van der Waals surface area contributed by atoms with Gasteiger partial charge >= 0.3 is 0 Å². The maximum absolute atomic E-state index is 13.9. The normalized spacial score (nSPS) is 21.2. The van der Waals surface area contributed by atoms with Gasteiger partial charge in [-0.05, 0) is 47.6 Å². The van der Waals surface area contributed by atoms with E-state index in [0.29, 0.717) is 0 Å². The summed E-state index contributed by atoms with van der Waals surface area (Å²) in [6.07, 6.45) is 12.5. The van der Waals surface area contributed by atoms with Crippen molar-refractivity contribution < 1.29 is 4.79 Å². The van der Waals surface area contributed by atoms with Gasteiger partial charge in [0.05, 0.1) is 0 Å². The lowest BCUT2D eigenvalue weighted by atomic mass is 9.67. The van der Waals surface area contributed by atoms with Gasteiger partial charge in [-0.25, -0.2) is 0 Å². The summed E-state index contributed by atoms with van der Waals surface area (Å²) >= 11 is 0. The van der Waals surface area contributed by atoms with Crippen LogP contribution in [-0.4, -0.2) is 5.78 Å². The van der Waals surface area contributed by atoms with E-state index in [1.54, 1.807) is 0 Å². The number of hydrogen-bond donors (Lipinski definition) is 0. The maximum atomic E-state index is 13.9. The van der Waals surface area contributed by atoms with Crippen molar-refractivity contribution in [3.05, 3.63) is 70.8 Å². The predicted molar refractivity (Wildman–Crippen MR) is 117 cm³/mol. The van der Waals surface area contributed by atoms with E-state index in [1.807, 2.05) is 12.1 Å². The molecule has 2 aliphatic rings. The van der Waals surface area contributed by atoms with Crippen LogP contribution in [0.3, 0.4) is 0 Å². The van der Waals surface area contributed by atoms with Crippen molar-refractivity contribution in [3.8, 4) is 0 Å². The zero-order valence-corrected chi connectivity index (χ0v) is 17.6. The molecule has 0 heterocycles. The van der Waals surface area contributed by atoms with Crippen molar-refractivity contribution in [3.63, 3.8) is 0 Å². The summed E-state index contributed by atoms with van der Waals surface area (Å²) in [7, 11) is 0. The Bertz CT molecular complexity index is 765. The lowest BCUT2D eigenvalue weighted by molar-refractivity contribution is 0.103. The second-order valence-corrected chi connectivity index (χ2v) is 9.66. The van der Waals surface area contributed by atoms with Crippen LogP contribution in [0.1, 0.15) is 105 Å². The average molecular weight is 375 g/mol. The third-order valence-electron chi connectivity index (χ3n) is 7.56. The third-order valence-corrected chi connectivity index (χ3v) is 7.56. The molecule has 4 rings (SSSR count). The van der Waals surface area contributed by atoms with Crippen LogP contribution in [0.15, 0.2) is 48.5 Å². The quantitative estimate of drug-likeness (QED) is 0.511. The summed E-state index contributed by atoms with van der Waals surface area (Å²) in [6, 6.07) is 16.9. The van der Waals surface area contributed by atoms with Gasteiger partial charge in [0.15, 0.2) is 5.78 Å². The minimum atomic E-state index is 0.133. The maximum Gasteiger partial charge on any atom is 0.193 e. The highest BCUT2D eigenvalue weighted by atomic mass is 16.1. The molecule has 2 aromatic carbocycles. The van der Waals surface area contributed by atoms with Crippen LogP contribution in [0.4, 0.5) is 0 Å². The summed E-state index contributed by atoms with van der Waals surface area (Å²) < 4.78 is 0. The second kappa shape index (κ2) is 7.85. The van der Waals surface area contributed by atoms with Gasteiger partial charge in [0.25, 0.3) is 0 Å². The zero-order valence-electron chi connectivity index (χ0n) is 17.6. The van der Waals surface area contributed by atoms with Crippen LogP contribution in [0.2, 0.25) is 0 Å². The molecule has 2 fully saturated rings. The first-order valence-corrected chi connectivity index (χ1v) is 11.3. The van der Waals surface area contributed by atoms with Gasteiger partial charge in [0.2, 0.25) is 0 Å². The number of hydrogen-bond acceptors (Lipinski definition) is 1. The minimum absolute atomic E-state index is 0.133. The Hall–Kier alpha value is -1.89. The van der Waals surface area contributed by atoms with Crippen LogP contribution < -0.4 is 0 Å². The van der Waals surface area contributed by atoms with Crippen LogP contribution in [-0.2, 0) is 10.8 Å². The van der Waals surface area contributed by atoms with Gasteiger partial charge in [0.1, 0.15) is 0 Å². The van der Waals surface area contributed by atoms with Crippen LogP contribution in [0, 0.1) is 0 Å². The molecule has 1 nitrogen and oxygen atoms in total. The van der Waals surface area contributed by atoms with Crippen LogP contribution in [0.5, 0.6) is 0 Å². The molecule has 2 aliphatic carbocycles. The van der Waals surface area contributed by atoms with Gasteiger partial charge in [-0.2, -0.15) is 0 Å². The zero-order chi connectivity index (χ0) is 19.6. The first kappa shape index (κ1) is 19.4. The highest BCUT2D eigenvalue weighted by Crippen LogP contribution is 2.43. The molecule has 0 saturated heterocycles. The molecule has 148 valence electrons. The highest BCUT2D eigenvalue weighted by Gasteiger charge is 2.35. The fourth-order valence-corrected chi connectivity index (χ4v) is 5.76. The molecule has 1 heteroatoms.